The minimum Gasteiger partial charge on any atom is -0.458 e. The van der Waals surface area contributed by atoms with Gasteiger partial charge in [-0.25, -0.2) is 4.98 Å². The number of thiazole rings is 1. The first kappa shape index (κ1) is 27.0. The average molecular weight is 494 g/mol. The zero-order chi connectivity index (χ0) is 25.2. The first-order valence-electron chi connectivity index (χ1n) is 12.3. The molecule has 0 radical (unpaired) electrons. The van der Waals surface area contributed by atoms with Gasteiger partial charge in [-0.05, 0) is 51.2 Å². The van der Waals surface area contributed by atoms with Crippen LogP contribution in [-0.2, 0) is 19.1 Å². The maximum atomic E-state index is 12.9. The van der Waals surface area contributed by atoms with Crippen molar-refractivity contribution in [3.63, 3.8) is 0 Å². The zero-order valence-corrected chi connectivity index (χ0v) is 21.9. The van der Waals surface area contributed by atoms with Crippen LogP contribution in [0.4, 0.5) is 0 Å². The third-order valence-electron chi connectivity index (χ3n) is 7.54. The van der Waals surface area contributed by atoms with E-state index in [4.69, 9.17) is 9.47 Å². The molecule has 34 heavy (non-hydrogen) atoms. The SMILES string of the molecule is C/C(=C\c1csc(C)n1)C1CC2OC2(C)CCCC(C)C(O)C(C)C(=O)C(C)C(O)CC(=O)O1. The van der Waals surface area contributed by atoms with Gasteiger partial charge >= 0.3 is 5.97 Å². The fraction of sp³-hybridized carbons (Fsp3) is 0.731. The maximum Gasteiger partial charge on any atom is 0.309 e. The van der Waals surface area contributed by atoms with Gasteiger partial charge in [-0.15, -0.1) is 11.3 Å². The van der Waals surface area contributed by atoms with Crippen LogP contribution in [0.5, 0.6) is 0 Å². The number of carbonyl (C=O) groups is 2. The second-order valence-electron chi connectivity index (χ2n) is 10.4. The van der Waals surface area contributed by atoms with E-state index in [2.05, 4.69) is 11.9 Å². The molecule has 0 aromatic carbocycles. The largest absolute Gasteiger partial charge is 0.458 e. The summed E-state index contributed by atoms with van der Waals surface area (Å²) in [6, 6.07) is 0. The molecular formula is C26H39NO6S. The van der Waals surface area contributed by atoms with Crippen molar-refractivity contribution in [3.05, 3.63) is 21.7 Å². The van der Waals surface area contributed by atoms with Gasteiger partial charge in [0.05, 0.1) is 41.0 Å². The van der Waals surface area contributed by atoms with Crippen LogP contribution < -0.4 is 0 Å². The molecule has 0 amide bonds. The van der Waals surface area contributed by atoms with Crippen LogP contribution in [0.2, 0.25) is 0 Å². The number of cyclic esters (lactones) is 1. The van der Waals surface area contributed by atoms with E-state index in [0.29, 0.717) is 6.42 Å². The highest BCUT2D eigenvalue weighted by Gasteiger charge is 2.52. The number of aromatic nitrogens is 1. The second kappa shape index (κ2) is 11.0. The molecule has 0 bridgehead atoms. The predicted octanol–water partition coefficient (Wildman–Crippen LogP) is 4.09. The van der Waals surface area contributed by atoms with Crippen molar-refractivity contribution in [1.29, 1.82) is 0 Å². The van der Waals surface area contributed by atoms with Gasteiger partial charge in [0.25, 0.3) is 0 Å². The van der Waals surface area contributed by atoms with E-state index in [9.17, 15) is 19.8 Å². The Morgan fingerprint density at radius 1 is 1.24 bits per heavy atom. The topological polar surface area (TPSA) is 109 Å². The highest BCUT2D eigenvalue weighted by atomic mass is 32.1. The normalized spacial score (nSPS) is 38.8. The molecule has 3 rings (SSSR count). The number of hydrogen-bond acceptors (Lipinski definition) is 8. The molecule has 8 unspecified atom stereocenters. The van der Waals surface area contributed by atoms with E-state index >= 15 is 0 Å². The number of Topliss-reactive ketones (excluding diaryl/α,β-unsaturated/α-hetero) is 1. The van der Waals surface area contributed by atoms with Crippen LogP contribution in [0, 0.1) is 24.7 Å². The summed E-state index contributed by atoms with van der Waals surface area (Å²) in [5, 5.41) is 24.2. The Kier molecular flexibility index (Phi) is 8.71. The zero-order valence-electron chi connectivity index (χ0n) is 21.1. The van der Waals surface area contributed by atoms with Crippen LogP contribution >= 0.6 is 11.3 Å². The van der Waals surface area contributed by atoms with Crippen molar-refractivity contribution in [2.45, 2.75) is 104 Å². The van der Waals surface area contributed by atoms with Gasteiger partial charge in [-0.2, -0.15) is 0 Å². The number of aliphatic hydroxyl groups is 2. The lowest BCUT2D eigenvalue weighted by Gasteiger charge is -2.28. The number of ketones is 1. The van der Waals surface area contributed by atoms with Crippen LogP contribution in [0.25, 0.3) is 6.08 Å². The molecule has 0 saturated carbocycles. The van der Waals surface area contributed by atoms with E-state index in [0.717, 1.165) is 35.5 Å². The number of hydrogen-bond donors (Lipinski definition) is 2. The fourth-order valence-corrected chi connectivity index (χ4v) is 5.44. The number of rotatable bonds is 2. The third kappa shape index (κ3) is 6.53. The molecule has 7 nitrogen and oxygen atoms in total. The standard InChI is InChI=1S/C26H39NO6S/c1-14-8-7-9-26(6)22(33-26)12-21(15(2)10-19-13-34-18(5)27-19)32-23(29)11-20(28)16(3)25(31)17(4)24(14)30/h10,13-14,16-17,20-22,24,28,30H,7-9,11-12H2,1-6H3/b15-10+. The lowest BCUT2D eigenvalue weighted by atomic mass is 9.81. The second-order valence-corrected chi connectivity index (χ2v) is 11.5. The lowest BCUT2D eigenvalue weighted by Crippen LogP contribution is -2.39. The number of fused-ring (bicyclic) bond motifs is 1. The fourth-order valence-electron chi connectivity index (χ4n) is 4.87. The summed E-state index contributed by atoms with van der Waals surface area (Å²) in [6.07, 6.45) is 2.12. The highest BCUT2D eigenvalue weighted by molar-refractivity contribution is 7.09. The quantitative estimate of drug-likeness (QED) is 0.472. The summed E-state index contributed by atoms with van der Waals surface area (Å²) >= 11 is 1.56. The van der Waals surface area contributed by atoms with E-state index in [1.807, 2.05) is 32.2 Å². The van der Waals surface area contributed by atoms with Gasteiger partial charge in [0.1, 0.15) is 11.9 Å². The highest BCUT2D eigenvalue weighted by Crippen LogP contribution is 2.45. The summed E-state index contributed by atoms with van der Waals surface area (Å²) in [5.74, 6) is -2.25. The van der Waals surface area contributed by atoms with Crippen LogP contribution in [0.1, 0.15) is 77.4 Å². The summed E-state index contributed by atoms with van der Waals surface area (Å²) in [7, 11) is 0. The van der Waals surface area contributed by atoms with Crippen molar-refractivity contribution in [3.8, 4) is 0 Å². The molecule has 2 fully saturated rings. The molecule has 1 aromatic heterocycles. The molecule has 1 aromatic rings. The summed E-state index contributed by atoms with van der Waals surface area (Å²) in [5.41, 5.74) is 1.39. The molecular weight excluding hydrogens is 454 g/mol. The molecule has 0 aliphatic carbocycles. The Balaban J connectivity index is 1.81. The molecule has 8 heteroatoms. The average Bonchev–Trinajstić information content (AvgIpc) is 3.22. The Hall–Kier alpha value is -1.61. The number of ether oxygens (including phenoxy) is 2. The van der Waals surface area contributed by atoms with E-state index in [-0.39, 0.29) is 29.8 Å². The number of epoxide rings is 1. The lowest BCUT2D eigenvalue weighted by molar-refractivity contribution is -0.151. The Morgan fingerprint density at radius 3 is 2.59 bits per heavy atom. The van der Waals surface area contributed by atoms with E-state index < -0.39 is 36.1 Å². The van der Waals surface area contributed by atoms with Crippen molar-refractivity contribution < 1.29 is 29.3 Å². The van der Waals surface area contributed by atoms with Crippen LogP contribution in [0.3, 0.4) is 0 Å². The maximum absolute atomic E-state index is 12.9. The van der Waals surface area contributed by atoms with Crippen LogP contribution in [0.15, 0.2) is 11.0 Å². The monoisotopic (exact) mass is 493 g/mol. The number of nitrogens with zero attached hydrogens (tertiary/aromatic N) is 1. The first-order valence-corrected chi connectivity index (χ1v) is 13.2. The van der Waals surface area contributed by atoms with Crippen molar-refractivity contribution in [1.82, 2.24) is 4.98 Å². The molecule has 2 aliphatic heterocycles. The van der Waals surface area contributed by atoms with Crippen molar-refractivity contribution >= 4 is 29.2 Å². The Morgan fingerprint density at radius 2 is 1.94 bits per heavy atom. The molecule has 2 N–H and O–H groups in total. The summed E-state index contributed by atoms with van der Waals surface area (Å²) in [6.45, 7) is 11.2. The minimum atomic E-state index is -1.17. The van der Waals surface area contributed by atoms with Crippen molar-refractivity contribution in [2.24, 2.45) is 17.8 Å². The molecule has 2 saturated heterocycles. The molecule has 190 valence electrons. The predicted molar refractivity (Wildman–Crippen MR) is 131 cm³/mol. The molecule has 3 heterocycles. The third-order valence-corrected chi connectivity index (χ3v) is 8.33. The smallest absolute Gasteiger partial charge is 0.309 e. The number of aliphatic hydroxyl groups excluding tert-OH is 2. The molecule has 2 aliphatic rings. The first-order chi connectivity index (χ1) is 15.9. The molecule has 8 atom stereocenters. The van der Waals surface area contributed by atoms with E-state index in [1.165, 1.54) is 0 Å². The summed E-state index contributed by atoms with van der Waals surface area (Å²) < 4.78 is 11.9. The minimum absolute atomic E-state index is 0.0386. The van der Waals surface area contributed by atoms with Gasteiger partial charge in [0.2, 0.25) is 0 Å². The van der Waals surface area contributed by atoms with Crippen molar-refractivity contribution in [2.75, 3.05) is 0 Å². The van der Waals surface area contributed by atoms with E-state index in [1.54, 1.807) is 25.2 Å². The number of carbonyl (C=O) groups excluding carboxylic acids is 2. The summed E-state index contributed by atoms with van der Waals surface area (Å²) in [4.78, 5) is 30.2. The molecule has 0 spiro atoms. The van der Waals surface area contributed by atoms with Gasteiger partial charge in [-0.3, -0.25) is 9.59 Å². The van der Waals surface area contributed by atoms with Gasteiger partial charge in [0.15, 0.2) is 0 Å². The van der Waals surface area contributed by atoms with Gasteiger partial charge in [-0.1, -0.05) is 27.2 Å². The van der Waals surface area contributed by atoms with Crippen LogP contribution in [-0.4, -0.2) is 57.0 Å². The van der Waals surface area contributed by atoms with Gasteiger partial charge in [0, 0.05) is 23.6 Å². The Labute approximate surface area is 206 Å². The van der Waals surface area contributed by atoms with Gasteiger partial charge < -0.3 is 19.7 Å². The number of esters is 1. The number of aryl methyl sites for hydroxylation is 1. The Bertz CT molecular complexity index is 913.